The van der Waals surface area contributed by atoms with Crippen LogP contribution in [0, 0.1) is 11.3 Å². The number of ether oxygens (including phenoxy) is 1. The summed E-state index contributed by atoms with van der Waals surface area (Å²) >= 11 is 0. The van der Waals surface area contributed by atoms with Crippen LogP contribution < -0.4 is 10.2 Å². The van der Waals surface area contributed by atoms with Crippen molar-refractivity contribution in [2.45, 2.75) is 103 Å². The highest BCUT2D eigenvalue weighted by Gasteiger charge is 2.49. The molecule has 0 aromatic carbocycles. The van der Waals surface area contributed by atoms with Crippen LogP contribution in [0.25, 0.3) is 22.3 Å². The molecule has 3 aliphatic rings. The van der Waals surface area contributed by atoms with Crippen LogP contribution >= 0.6 is 0 Å². The van der Waals surface area contributed by atoms with Crippen LogP contribution in [0.5, 0.6) is 0 Å². The predicted molar refractivity (Wildman–Crippen MR) is 182 cm³/mol. The second kappa shape index (κ2) is 14.3. The number of piperidine rings is 1. The second-order valence-electron chi connectivity index (χ2n) is 13.3. The van der Waals surface area contributed by atoms with Crippen LogP contribution in [0.2, 0.25) is 0 Å². The number of allylic oxidation sites excluding steroid dienone is 1. The zero-order chi connectivity index (χ0) is 32.8. The first kappa shape index (κ1) is 32.9. The third-order valence-corrected chi connectivity index (χ3v) is 8.59. The number of carbonyl (C=O) groups excluding carboxylic acids is 1. The first-order chi connectivity index (χ1) is 22.1. The van der Waals surface area contributed by atoms with Crippen LogP contribution in [-0.4, -0.2) is 80.7 Å². The lowest BCUT2D eigenvalue weighted by atomic mass is 9.88. The number of pyridine rings is 1. The molecule has 244 valence electrons. The first-order valence-corrected chi connectivity index (χ1v) is 16.6. The van der Waals surface area contributed by atoms with Crippen LogP contribution in [0.4, 0.5) is 10.6 Å². The third kappa shape index (κ3) is 7.33. The Bertz CT molecular complexity index is 1600. The summed E-state index contributed by atoms with van der Waals surface area (Å²) in [4.78, 5) is 31.4. The number of nitrogens with one attached hydrogen (secondary N) is 1. The first-order valence-electron chi connectivity index (χ1n) is 16.6. The number of anilines is 1. The van der Waals surface area contributed by atoms with Crippen LogP contribution in [-0.2, 0) is 4.74 Å². The highest BCUT2D eigenvalue weighted by Crippen LogP contribution is 2.36. The molecule has 3 saturated heterocycles. The summed E-state index contributed by atoms with van der Waals surface area (Å²) in [5.74, 6) is 0.761. The average molecular weight is 626 g/mol. The number of rotatable bonds is 12. The Kier molecular flexibility index (Phi) is 10.2. The quantitative estimate of drug-likeness (QED) is 0.185. The van der Waals surface area contributed by atoms with Gasteiger partial charge < -0.3 is 15.0 Å². The Balaban J connectivity index is 1.40. The van der Waals surface area contributed by atoms with E-state index in [9.17, 15) is 10.1 Å². The van der Waals surface area contributed by atoms with Gasteiger partial charge in [0.25, 0.3) is 0 Å². The average Bonchev–Trinajstić information content (AvgIpc) is 3.45. The highest BCUT2D eigenvalue weighted by molar-refractivity contribution is 6.10. The number of piperazine rings is 1. The highest BCUT2D eigenvalue weighted by atomic mass is 16.6. The number of hydrogen-bond acceptors (Lipinski definition) is 9. The lowest BCUT2D eigenvalue weighted by Crippen LogP contribution is -2.70. The van der Waals surface area contributed by atoms with Gasteiger partial charge in [-0.3, -0.25) is 14.9 Å². The van der Waals surface area contributed by atoms with E-state index in [1.807, 2.05) is 57.4 Å². The molecule has 1 amide bonds. The molecule has 6 rings (SSSR count). The van der Waals surface area contributed by atoms with Crippen molar-refractivity contribution in [3.8, 4) is 17.3 Å². The standard InChI is InChI=1S/C35H47N9O2/c1-7-9-10-12-27(11-8-2)38-17-26(16-37-6)24-13-30(33-25(15-36)18-41-43(33)21-24)31-19-40-32(20-39-31)42-22-28-14-29(23-42)44(28)34(45)46-35(3,4)5/h13,16-21,27-29,37H,7-12,14,22-23H2,1-6H3/b26-16+,38-17+. The lowest BCUT2D eigenvalue weighted by Gasteiger charge is -2.55. The fraction of sp³-hybridized carbons (Fsp3) is 0.543. The van der Waals surface area contributed by atoms with Gasteiger partial charge in [0, 0.05) is 61.5 Å². The summed E-state index contributed by atoms with van der Waals surface area (Å²) in [6, 6.07) is 4.79. The molecule has 0 radical (unpaired) electrons. The fourth-order valence-corrected chi connectivity index (χ4v) is 6.38. The van der Waals surface area contributed by atoms with E-state index in [0.29, 0.717) is 29.9 Å². The van der Waals surface area contributed by atoms with Gasteiger partial charge in [-0.05, 0) is 46.1 Å². The van der Waals surface area contributed by atoms with Gasteiger partial charge in [0.2, 0.25) is 0 Å². The van der Waals surface area contributed by atoms with Crippen molar-refractivity contribution in [1.82, 2.24) is 29.8 Å². The molecule has 3 aromatic heterocycles. The molecule has 3 aliphatic heterocycles. The summed E-state index contributed by atoms with van der Waals surface area (Å²) in [6.07, 6.45) is 18.5. The number of carbonyl (C=O) groups is 1. The largest absolute Gasteiger partial charge is 0.444 e. The molecular formula is C35H47N9O2. The summed E-state index contributed by atoms with van der Waals surface area (Å²) in [5, 5.41) is 17.6. The number of nitriles is 1. The van der Waals surface area contributed by atoms with Crippen molar-refractivity contribution in [3.63, 3.8) is 0 Å². The van der Waals surface area contributed by atoms with Crippen LogP contribution in [0.3, 0.4) is 0 Å². The summed E-state index contributed by atoms with van der Waals surface area (Å²) < 4.78 is 7.36. The van der Waals surface area contributed by atoms with E-state index in [2.05, 4.69) is 35.2 Å². The molecular weight excluding hydrogens is 578 g/mol. The monoisotopic (exact) mass is 625 g/mol. The lowest BCUT2D eigenvalue weighted by molar-refractivity contribution is -0.0380. The van der Waals surface area contributed by atoms with Crippen molar-refractivity contribution < 1.29 is 9.53 Å². The van der Waals surface area contributed by atoms with E-state index < -0.39 is 5.60 Å². The number of fused-ring (bicyclic) bond motifs is 3. The molecule has 3 aromatic rings. The Hall–Kier alpha value is -4.46. The van der Waals surface area contributed by atoms with Gasteiger partial charge in [-0.25, -0.2) is 14.3 Å². The van der Waals surface area contributed by atoms with E-state index in [-0.39, 0.29) is 24.2 Å². The van der Waals surface area contributed by atoms with Crippen molar-refractivity contribution >= 4 is 29.2 Å². The van der Waals surface area contributed by atoms with Gasteiger partial charge >= 0.3 is 6.09 Å². The van der Waals surface area contributed by atoms with Crippen molar-refractivity contribution in [2.75, 3.05) is 25.0 Å². The Labute approximate surface area is 272 Å². The third-order valence-electron chi connectivity index (χ3n) is 8.59. The van der Waals surface area contributed by atoms with Gasteiger partial charge in [0.15, 0.2) is 0 Å². The molecule has 0 spiro atoms. The maximum atomic E-state index is 12.7. The molecule has 3 atom stereocenters. The van der Waals surface area contributed by atoms with E-state index >= 15 is 0 Å². The van der Waals surface area contributed by atoms with E-state index in [4.69, 9.17) is 19.7 Å². The van der Waals surface area contributed by atoms with E-state index in [1.165, 1.54) is 19.3 Å². The minimum atomic E-state index is -0.520. The summed E-state index contributed by atoms with van der Waals surface area (Å²) in [5.41, 5.74) is 3.88. The molecule has 0 saturated carbocycles. The minimum Gasteiger partial charge on any atom is -0.444 e. The fourth-order valence-electron chi connectivity index (χ4n) is 6.38. The topological polar surface area (TPSA) is 124 Å². The van der Waals surface area contributed by atoms with Gasteiger partial charge in [-0.15, -0.1) is 0 Å². The molecule has 6 heterocycles. The minimum absolute atomic E-state index is 0.0963. The van der Waals surface area contributed by atoms with Crippen LogP contribution in [0.1, 0.15) is 90.7 Å². The molecule has 11 heteroatoms. The normalized spacial score (nSPS) is 18.8. The summed E-state index contributed by atoms with van der Waals surface area (Å²) in [6.45, 7) is 11.5. The second-order valence-corrected chi connectivity index (χ2v) is 13.3. The number of aliphatic imine (C=N–C) groups is 1. The zero-order valence-electron chi connectivity index (χ0n) is 28.0. The molecule has 11 nitrogen and oxygen atoms in total. The predicted octanol–water partition coefficient (Wildman–Crippen LogP) is 6.24. The zero-order valence-corrected chi connectivity index (χ0v) is 28.0. The molecule has 3 fully saturated rings. The number of aromatic nitrogens is 4. The van der Waals surface area contributed by atoms with Crippen molar-refractivity contribution in [3.05, 3.63) is 48.2 Å². The SMILES string of the molecule is CCCCCC(CCC)/N=C/C(=C\NC)c1cc(-c2cnc(N3CC4CC(C3)N4C(=O)OC(C)(C)C)cn2)c2c(C#N)cnn2c1. The van der Waals surface area contributed by atoms with Gasteiger partial charge in [0.1, 0.15) is 17.5 Å². The van der Waals surface area contributed by atoms with E-state index in [0.717, 1.165) is 48.2 Å². The number of nitrogens with zero attached hydrogens (tertiary/aromatic N) is 8. The molecule has 0 aliphatic carbocycles. The van der Waals surface area contributed by atoms with Gasteiger partial charge in [0.05, 0.1) is 47.4 Å². The molecule has 1 N–H and O–H groups in total. The van der Waals surface area contributed by atoms with E-state index in [1.54, 1.807) is 23.1 Å². The maximum absolute atomic E-state index is 12.7. The number of amides is 1. The smallest absolute Gasteiger partial charge is 0.410 e. The maximum Gasteiger partial charge on any atom is 0.410 e. The Morgan fingerprint density at radius 1 is 1.15 bits per heavy atom. The van der Waals surface area contributed by atoms with Gasteiger partial charge in [-0.1, -0.05) is 39.5 Å². The number of unbranched alkanes of at least 4 members (excludes halogenated alkanes) is 2. The number of hydrogen-bond donors (Lipinski definition) is 1. The molecule has 2 bridgehead atoms. The van der Waals surface area contributed by atoms with Crippen LogP contribution in [0.15, 0.2) is 42.0 Å². The Morgan fingerprint density at radius 3 is 2.57 bits per heavy atom. The van der Waals surface area contributed by atoms with Gasteiger partial charge in [-0.2, -0.15) is 10.4 Å². The summed E-state index contributed by atoms with van der Waals surface area (Å²) in [7, 11) is 1.88. The van der Waals surface area contributed by atoms with Crippen molar-refractivity contribution in [1.29, 1.82) is 5.26 Å². The molecule has 46 heavy (non-hydrogen) atoms. The van der Waals surface area contributed by atoms with Crippen molar-refractivity contribution in [2.24, 2.45) is 4.99 Å². The Morgan fingerprint density at radius 2 is 1.93 bits per heavy atom. The molecule has 3 unspecified atom stereocenters.